The van der Waals surface area contributed by atoms with Crippen molar-refractivity contribution in [2.45, 2.75) is 45.7 Å². The number of hydrogen-bond donors (Lipinski definition) is 2. The molecule has 15 heteroatoms. The molecule has 0 bridgehead atoms. The van der Waals surface area contributed by atoms with Crippen molar-refractivity contribution < 1.29 is 19.1 Å². The fraction of sp³-hybridized carbons (Fsp3) is 0.429. The number of thiazole rings is 1. The van der Waals surface area contributed by atoms with Gasteiger partial charge >= 0.3 is 17.7 Å². The predicted molar refractivity (Wildman–Crippen MR) is 193 cm³/mol. The molecule has 0 radical (unpaired) electrons. The molecule has 1 aliphatic heterocycles. The van der Waals surface area contributed by atoms with Crippen molar-refractivity contribution in [3.63, 3.8) is 0 Å². The van der Waals surface area contributed by atoms with Gasteiger partial charge in [0.2, 0.25) is 5.91 Å². The second kappa shape index (κ2) is 16.1. The van der Waals surface area contributed by atoms with Crippen LogP contribution in [-0.2, 0) is 33.8 Å². The van der Waals surface area contributed by atoms with Crippen molar-refractivity contribution in [1.82, 2.24) is 34.3 Å². The number of para-hydroxylation sites is 1. The Morgan fingerprint density at radius 1 is 1.00 bits per heavy atom. The van der Waals surface area contributed by atoms with Crippen LogP contribution in [0, 0.1) is 0 Å². The summed E-state index contributed by atoms with van der Waals surface area (Å²) in [5.74, 6) is -0.161. The summed E-state index contributed by atoms with van der Waals surface area (Å²) in [4.78, 5) is 61.1. The molecule has 5 aromatic rings. The highest BCUT2D eigenvalue weighted by atomic mass is 32.1. The number of carbonyl (C=O) groups excluding carboxylic acids is 2. The maximum Gasteiger partial charge on any atom is 0.327 e. The highest BCUT2D eigenvalue weighted by Gasteiger charge is 2.24. The molecule has 2 aromatic carbocycles. The number of nitrogens with zero attached hydrogens (tertiary/aromatic N) is 7. The number of esters is 1. The monoisotopic (exact) mass is 701 g/mol. The van der Waals surface area contributed by atoms with Gasteiger partial charge in [-0.1, -0.05) is 61.1 Å². The Labute approximate surface area is 293 Å². The lowest BCUT2D eigenvalue weighted by Crippen LogP contribution is -2.50. The Morgan fingerprint density at radius 3 is 2.50 bits per heavy atom. The van der Waals surface area contributed by atoms with E-state index in [0.717, 1.165) is 60.8 Å². The number of imidazole rings is 1. The van der Waals surface area contributed by atoms with Crippen LogP contribution in [0.25, 0.3) is 21.4 Å². The summed E-state index contributed by atoms with van der Waals surface area (Å²) in [6.07, 6.45) is 2.49. The van der Waals surface area contributed by atoms with E-state index >= 15 is 0 Å². The number of methoxy groups -OCH3 is 1. The van der Waals surface area contributed by atoms with E-state index in [-0.39, 0.29) is 42.4 Å². The molecular weight excluding hydrogens is 659 g/mol. The zero-order valence-electron chi connectivity index (χ0n) is 28.5. The van der Waals surface area contributed by atoms with E-state index in [1.165, 1.54) is 16.4 Å². The van der Waals surface area contributed by atoms with Crippen molar-refractivity contribution in [1.29, 1.82) is 0 Å². The molecule has 1 aliphatic rings. The van der Waals surface area contributed by atoms with Crippen LogP contribution in [-0.4, -0.2) is 99.2 Å². The summed E-state index contributed by atoms with van der Waals surface area (Å²) >= 11 is 1.69. The molecule has 1 fully saturated rings. The first-order valence-corrected chi connectivity index (χ1v) is 17.8. The number of carbonyl (C=O) groups is 2. The molecular formula is C35H43N9O5S. The molecule has 3 aromatic heterocycles. The number of nitrogens with one attached hydrogen (secondary N) is 1. The summed E-state index contributed by atoms with van der Waals surface area (Å²) in [7, 11) is 1.37. The highest BCUT2D eigenvalue weighted by molar-refractivity contribution is 7.22. The maximum atomic E-state index is 13.9. The van der Waals surface area contributed by atoms with Crippen molar-refractivity contribution >= 4 is 55.5 Å². The number of nitrogens with two attached hydrogens (primary N) is 1. The summed E-state index contributed by atoms with van der Waals surface area (Å²) < 4.78 is 13.2. The van der Waals surface area contributed by atoms with Gasteiger partial charge in [-0.15, -0.1) is 0 Å². The van der Waals surface area contributed by atoms with Crippen LogP contribution >= 0.6 is 11.3 Å². The molecule has 14 nitrogen and oxygen atoms in total. The molecule has 0 saturated carbocycles. The van der Waals surface area contributed by atoms with Crippen molar-refractivity contribution in [3.8, 4) is 6.01 Å². The van der Waals surface area contributed by atoms with Gasteiger partial charge in [-0.2, -0.15) is 9.97 Å². The summed E-state index contributed by atoms with van der Waals surface area (Å²) in [5, 5.41) is 1.01. The van der Waals surface area contributed by atoms with E-state index < -0.39 is 0 Å². The molecule has 264 valence electrons. The Kier molecular flexibility index (Phi) is 11.2. The van der Waals surface area contributed by atoms with Gasteiger partial charge in [-0.25, -0.2) is 9.78 Å². The zero-order valence-corrected chi connectivity index (χ0v) is 29.3. The van der Waals surface area contributed by atoms with Gasteiger partial charge in [0.05, 0.1) is 36.9 Å². The number of anilines is 2. The number of unbranched alkanes of at least 4 members (excludes halogenated alkanes) is 1. The molecule has 0 unspecified atom stereocenters. The maximum absolute atomic E-state index is 13.9. The summed E-state index contributed by atoms with van der Waals surface area (Å²) in [6, 6.07) is 15.9. The lowest BCUT2D eigenvalue weighted by molar-refractivity contribution is -0.139. The van der Waals surface area contributed by atoms with Crippen LogP contribution in [0.3, 0.4) is 0 Å². The number of ether oxygens (including phenoxy) is 2. The third-order valence-electron chi connectivity index (χ3n) is 8.78. The number of piperazine rings is 1. The number of amides is 1. The normalized spacial score (nSPS) is 13.6. The molecule has 0 aliphatic carbocycles. The van der Waals surface area contributed by atoms with Crippen LogP contribution in [0.4, 0.5) is 10.9 Å². The first-order chi connectivity index (χ1) is 24.3. The molecule has 4 heterocycles. The van der Waals surface area contributed by atoms with Crippen LogP contribution in [0.1, 0.15) is 37.3 Å². The Balaban J connectivity index is 1.12. The van der Waals surface area contributed by atoms with E-state index in [1.54, 1.807) is 11.3 Å². The van der Waals surface area contributed by atoms with Crippen LogP contribution < -0.4 is 21.1 Å². The second-order valence-electron chi connectivity index (χ2n) is 12.3. The average Bonchev–Trinajstić information content (AvgIpc) is 3.70. The first kappa shape index (κ1) is 34.8. The standard InChI is InChI=1S/C35H43N9O5S/c1-3-4-20-49-33-39-31(36)30-32(40-33)44(34(47)38-30)15-7-14-43(22-25-12-10-24(11-13-25)21-29(46)48-2)28(45)23-41-16-18-42(19-17-41)35-37-26-8-5-6-9-27(26)50-35/h5-6,8-13H,3-4,7,14-23H2,1-2H3,(H,38,47)(H2,36,39,40). The zero-order chi connectivity index (χ0) is 35.0. The number of benzene rings is 2. The van der Waals surface area contributed by atoms with Crippen molar-refractivity contribution in [2.75, 3.05) is 63.6 Å². The second-order valence-corrected chi connectivity index (χ2v) is 13.3. The minimum absolute atomic E-state index is 0.00141. The third-order valence-corrected chi connectivity index (χ3v) is 9.88. The summed E-state index contributed by atoms with van der Waals surface area (Å²) in [6.45, 7) is 6.96. The Bertz CT molecular complexity index is 1950. The Morgan fingerprint density at radius 2 is 1.76 bits per heavy atom. The number of H-pyrrole nitrogens is 1. The first-order valence-electron chi connectivity index (χ1n) is 17.0. The van der Waals surface area contributed by atoms with E-state index in [0.29, 0.717) is 43.8 Å². The van der Waals surface area contributed by atoms with E-state index in [1.807, 2.05) is 47.4 Å². The average molecular weight is 702 g/mol. The lowest BCUT2D eigenvalue weighted by atomic mass is 10.1. The lowest BCUT2D eigenvalue weighted by Gasteiger charge is -2.35. The fourth-order valence-electron chi connectivity index (χ4n) is 5.93. The number of aromatic amines is 1. The van der Waals surface area contributed by atoms with Gasteiger partial charge < -0.3 is 30.0 Å². The van der Waals surface area contributed by atoms with Gasteiger partial charge in [0.25, 0.3) is 0 Å². The van der Waals surface area contributed by atoms with E-state index in [9.17, 15) is 14.4 Å². The quantitative estimate of drug-likeness (QED) is 0.121. The number of fused-ring (bicyclic) bond motifs is 2. The van der Waals surface area contributed by atoms with Crippen molar-refractivity contribution in [3.05, 3.63) is 70.1 Å². The topological polar surface area (TPSA) is 165 Å². The van der Waals surface area contributed by atoms with Gasteiger partial charge in [0.15, 0.2) is 16.6 Å². The van der Waals surface area contributed by atoms with Gasteiger partial charge in [-0.3, -0.25) is 19.1 Å². The number of aryl methyl sites for hydroxylation is 1. The smallest absolute Gasteiger partial charge is 0.327 e. The molecule has 50 heavy (non-hydrogen) atoms. The van der Waals surface area contributed by atoms with E-state index in [2.05, 4.69) is 37.7 Å². The number of rotatable bonds is 15. The van der Waals surface area contributed by atoms with Gasteiger partial charge in [0.1, 0.15) is 5.52 Å². The third kappa shape index (κ3) is 8.40. The van der Waals surface area contributed by atoms with Crippen LogP contribution in [0.5, 0.6) is 6.01 Å². The minimum Gasteiger partial charge on any atom is -0.469 e. The SMILES string of the molecule is CCCCOc1nc(N)c2[nH]c(=O)n(CCCN(Cc3ccc(CC(=O)OC)cc3)C(=O)CN3CCN(c4nc5ccccc5s4)CC3)c2n1. The number of nitrogen functional groups attached to an aromatic ring is 1. The summed E-state index contributed by atoms with van der Waals surface area (Å²) in [5.41, 5.74) is 9.30. The Hall–Kier alpha value is -5.02. The van der Waals surface area contributed by atoms with Gasteiger partial charge in [-0.05, 0) is 36.1 Å². The molecule has 6 rings (SSSR count). The molecule has 1 saturated heterocycles. The van der Waals surface area contributed by atoms with Gasteiger partial charge in [0, 0.05) is 45.8 Å². The van der Waals surface area contributed by atoms with E-state index in [4.69, 9.17) is 20.2 Å². The fourth-order valence-corrected chi connectivity index (χ4v) is 6.95. The number of aromatic nitrogens is 5. The largest absolute Gasteiger partial charge is 0.469 e. The minimum atomic E-state index is -0.350. The predicted octanol–water partition coefficient (Wildman–Crippen LogP) is 3.45. The molecule has 0 atom stereocenters. The molecule has 3 N–H and O–H groups in total. The van der Waals surface area contributed by atoms with Crippen LogP contribution in [0.2, 0.25) is 0 Å². The molecule has 1 amide bonds. The van der Waals surface area contributed by atoms with Crippen molar-refractivity contribution in [2.24, 2.45) is 0 Å². The highest BCUT2D eigenvalue weighted by Crippen LogP contribution is 2.29. The molecule has 0 spiro atoms. The van der Waals surface area contributed by atoms with Crippen LogP contribution in [0.15, 0.2) is 53.3 Å². The number of hydrogen-bond acceptors (Lipinski definition) is 12.